The first-order chi connectivity index (χ1) is 9.81. The Morgan fingerprint density at radius 3 is 2.62 bits per heavy atom. The van der Waals surface area contributed by atoms with E-state index in [1.165, 1.54) is 6.20 Å². The summed E-state index contributed by atoms with van der Waals surface area (Å²) in [4.78, 5) is 23.0. The van der Waals surface area contributed by atoms with Crippen molar-refractivity contribution in [1.29, 1.82) is 0 Å². The van der Waals surface area contributed by atoms with Gasteiger partial charge in [-0.15, -0.1) is 0 Å². The predicted molar refractivity (Wildman–Crippen MR) is 77.9 cm³/mol. The molecule has 0 N–H and O–H groups in total. The lowest BCUT2D eigenvalue weighted by Crippen LogP contribution is -2.23. The molecule has 0 fully saturated rings. The molecule has 0 radical (unpaired) electrons. The maximum absolute atomic E-state index is 11.5. The number of carbonyl (C=O) groups is 2. The Morgan fingerprint density at radius 2 is 2.00 bits per heavy atom. The van der Waals surface area contributed by atoms with Gasteiger partial charge in [0.05, 0.1) is 18.4 Å². The van der Waals surface area contributed by atoms with Gasteiger partial charge in [0.15, 0.2) is 0 Å². The largest absolute Gasteiger partial charge is 0.462 e. The van der Waals surface area contributed by atoms with Gasteiger partial charge in [-0.25, -0.2) is 4.79 Å². The highest BCUT2D eigenvalue weighted by Gasteiger charge is 2.15. The van der Waals surface area contributed by atoms with Gasteiger partial charge in [-0.2, -0.15) is 5.10 Å². The first kappa shape index (κ1) is 17.2. The molecule has 118 valence electrons. The predicted octanol–water partition coefficient (Wildman–Crippen LogP) is 2.57. The maximum atomic E-state index is 11.5. The van der Waals surface area contributed by atoms with Gasteiger partial charge in [-0.1, -0.05) is 0 Å². The molecular weight excluding hydrogens is 272 g/mol. The number of esters is 2. The summed E-state index contributed by atoms with van der Waals surface area (Å²) in [5.41, 5.74) is 0.0112. The van der Waals surface area contributed by atoms with Crippen LogP contribution >= 0.6 is 0 Å². The molecule has 0 bridgehead atoms. The molecule has 6 heteroatoms. The van der Waals surface area contributed by atoms with Crippen LogP contribution < -0.4 is 0 Å². The summed E-state index contributed by atoms with van der Waals surface area (Å²) < 4.78 is 11.8. The van der Waals surface area contributed by atoms with Crippen molar-refractivity contribution < 1.29 is 19.1 Å². The van der Waals surface area contributed by atoms with E-state index in [2.05, 4.69) is 5.10 Å². The van der Waals surface area contributed by atoms with Gasteiger partial charge in [0.25, 0.3) is 0 Å². The second-order valence-electron chi connectivity index (χ2n) is 5.76. The van der Waals surface area contributed by atoms with Crippen LogP contribution in [0.5, 0.6) is 0 Å². The molecular formula is C15H24N2O4. The van der Waals surface area contributed by atoms with E-state index in [0.717, 1.165) is 12.8 Å². The van der Waals surface area contributed by atoms with Crippen molar-refractivity contribution in [1.82, 2.24) is 9.78 Å². The van der Waals surface area contributed by atoms with E-state index in [1.807, 2.05) is 20.8 Å². The molecule has 0 atom stereocenters. The first-order valence-electron chi connectivity index (χ1n) is 7.23. The van der Waals surface area contributed by atoms with E-state index in [1.54, 1.807) is 17.8 Å². The van der Waals surface area contributed by atoms with Crippen molar-refractivity contribution in [2.24, 2.45) is 0 Å². The van der Waals surface area contributed by atoms with Crippen LogP contribution in [0.25, 0.3) is 0 Å². The molecule has 0 unspecified atom stereocenters. The van der Waals surface area contributed by atoms with E-state index < -0.39 is 5.60 Å². The molecule has 0 amide bonds. The monoisotopic (exact) mass is 296 g/mol. The summed E-state index contributed by atoms with van der Waals surface area (Å²) in [6, 6.07) is 0. The molecule has 0 saturated heterocycles. The highest BCUT2D eigenvalue weighted by molar-refractivity contribution is 5.88. The Kier molecular flexibility index (Phi) is 6.39. The van der Waals surface area contributed by atoms with Gasteiger partial charge in [0, 0.05) is 19.2 Å². The fourth-order valence-corrected chi connectivity index (χ4v) is 1.74. The van der Waals surface area contributed by atoms with Gasteiger partial charge < -0.3 is 9.47 Å². The van der Waals surface area contributed by atoms with Crippen molar-refractivity contribution in [2.75, 3.05) is 6.61 Å². The van der Waals surface area contributed by atoms with E-state index in [0.29, 0.717) is 25.1 Å². The Hall–Kier alpha value is -1.85. The topological polar surface area (TPSA) is 70.4 Å². The van der Waals surface area contributed by atoms with Gasteiger partial charge >= 0.3 is 11.9 Å². The fourth-order valence-electron chi connectivity index (χ4n) is 1.74. The summed E-state index contributed by atoms with van der Waals surface area (Å²) in [6.45, 7) is 8.32. The maximum Gasteiger partial charge on any atom is 0.341 e. The number of unbranched alkanes of at least 4 members (excludes halogenated alkanes) is 1. The second-order valence-corrected chi connectivity index (χ2v) is 5.76. The average molecular weight is 296 g/mol. The number of ether oxygens (including phenoxy) is 2. The molecule has 1 heterocycles. The van der Waals surface area contributed by atoms with Crippen molar-refractivity contribution in [3.63, 3.8) is 0 Å². The lowest BCUT2D eigenvalue weighted by Gasteiger charge is -2.19. The molecule has 6 nitrogen and oxygen atoms in total. The number of aromatic nitrogens is 2. The molecule has 1 aromatic heterocycles. The third-order valence-electron chi connectivity index (χ3n) is 2.58. The van der Waals surface area contributed by atoms with Crippen LogP contribution in [0, 0.1) is 0 Å². The summed E-state index contributed by atoms with van der Waals surface area (Å²) >= 11 is 0. The van der Waals surface area contributed by atoms with Crippen LogP contribution in [0.4, 0.5) is 0 Å². The molecule has 21 heavy (non-hydrogen) atoms. The lowest BCUT2D eigenvalue weighted by atomic mass is 10.2. The van der Waals surface area contributed by atoms with Gasteiger partial charge in [-0.05, 0) is 40.5 Å². The van der Waals surface area contributed by atoms with E-state index in [4.69, 9.17) is 9.47 Å². The average Bonchev–Trinajstić information content (AvgIpc) is 2.81. The number of rotatable bonds is 7. The standard InChI is InChI=1S/C15H24N2O4/c1-5-20-14(19)12-10-16-17(11-12)9-7-6-8-13(18)21-15(2,3)4/h10-11H,5-9H2,1-4H3. The van der Waals surface area contributed by atoms with E-state index in [-0.39, 0.29) is 11.9 Å². The number of hydrogen-bond acceptors (Lipinski definition) is 5. The molecule has 1 aromatic rings. The van der Waals surface area contributed by atoms with Crippen LogP contribution in [-0.4, -0.2) is 33.9 Å². The number of hydrogen-bond donors (Lipinski definition) is 0. The molecule has 0 aromatic carbocycles. The zero-order valence-corrected chi connectivity index (χ0v) is 13.2. The van der Waals surface area contributed by atoms with E-state index in [9.17, 15) is 9.59 Å². The zero-order valence-electron chi connectivity index (χ0n) is 13.2. The van der Waals surface area contributed by atoms with E-state index >= 15 is 0 Å². The Labute approximate surface area is 125 Å². The first-order valence-corrected chi connectivity index (χ1v) is 7.23. The van der Waals surface area contributed by atoms with Crippen molar-refractivity contribution >= 4 is 11.9 Å². The number of carbonyl (C=O) groups excluding carboxylic acids is 2. The fraction of sp³-hybridized carbons (Fsp3) is 0.667. The zero-order chi connectivity index (χ0) is 15.9. The quantitative estimate of drug-likeness (QED) is 0.571. The molecule has 0 saturated carbocycles. The lowest BCUT2D eigenvalue weighted by molar-refractivity contribution is -0.154. The van der Waals surface area contributed by atoms with Gasteiger partial charge in [-0.3, -0.25) is 9.48 Å². The molecule has 0 aliphatic rings. The van der Waals surface area contributed by atoms with Crippen LogP contribution in [0.2, 0.25) is 0 Å². The van der Waals surface area contributed by atoms with Crippen molar-refractivity contribution in [3.8, 4) is 0 Å². The summed E-state index contributed by atoms with van der Waals surface area (Å²) in [5.74, 6) is -0.548. The smallest absolute Gasteiger partial charge is 0.341 e. The second kappa shape index (κ2) is 7.81. The Bertz CT molecular complexity index is 474. The van der Waals surface area contributed by atoms with Crippen molar-refractivity contribution in [3.05, 3.63) is 18.0 Å². The molecule has 1 rings (SSSR count). The SMILES string of the molecule is CCOC(=O)c1cnn(CCCCC(=O)OC(C)(C)C)c1. The van der Waals surface area contributed by atoms with Crippen LogP contribution in [0.3, 0.4) is 0 Å². The van der Waals surface area contributed by atoms with Gasteiger partial charge in [0.2, 0.25) is 0 Å². The number of aryl methyl sites for hydroxylation is 1. The minimum atomic E-state index is -0.437. The molecule has 0 aliphatic heterocycles. The Morgan fingerprint density at radius 1 is 1.29 bits per heavy atom. The molecule has 0 spiro atoms. The minimum Gasteiger partial charge on any atom is -0.462 e. The van der Waals surface area contributed by atoms with Gasteiger partial charge in [0.1, 0.15) is 5.60 Å². The van der Waals surface area contributed by atoms with Crippen LogP contribution in [-0.2, 0) is 20.8 Å². The molecule has 0 aliphatic carbocycles. The summed E-state index contributed by atoms with van der Waals surface area (Å²) in [6.07, 6.45) is 5.06. The van der Waals surface area contributed by atoms with Crippen LogP contribution in [0.15, 0.2) is 12.4 Å². The summed E-state index contributed by atoms with van der Waals surface area (Å²) in [5, 5.41) is 4.10. The minimum absolute atomic E-state index is 0.185. The normalized spacial score (nSPS) is 11.2. The van der Waals surface area contributed by atoms with Crippen molar-refractivity contribution in [2.45, 2.75) is 59.1 Å². The Balaban J connectivity index is 2.27. The summed E-state index contributed by atoms with van der Waals surface area (Å²) in [7, 11) is 0. The van der Waals surface area contributed by atoms with Crippen LogP contribution in [0.1, 0.15) is 57.3 Å². The highest BCUT2D eigenvalue weighted by Crippen LogP contribution is 2.10. The third kappa shape index (κ3) is 6.92. The number of nitrogens with zero attached hydrogens (tertiary/aromatic N) is 2. The highest BCUT2D eigenvalue weighted by atomic mass is 16.6. The third-order valence-corrected chi connectivity index (χ3v) is 2.58.